The fraction of sp³-hybridized carbons (Fsp3) is 0.625. The quantitative estimate of drug-likeness (QED) is 0.420. The molecular weight excluding hydrogens is 236 g/mol. The van der Waals surface area contributed by atoms with Crippen LogP contribution in [0, 0.1) is 0 Å². The van der Waals surface area contributed by atoms with Gasteiger partial charge in [-0.15, -0.1) is 0 Å². The first kappa shape index (κ1) is 14.7. The number of carbonyl (C=O) groups excluding carboxylic acids is 2. The van der Waals surface area contributed by atoms with Crippen LogP contribution in [0.4, 0.5) is 0 Å². The van der Waals surface area contributed by atoms with Crippen LogP contribution in [-0.2, 0) is 14.4 Å². The number of aliphatic carboxylic acids is 1. The Kier molecular flexibility index (Phi) is 6.50. The Morgan fingerprint density at radius 3 is 2.31 bits per heavy atom. The lowest BCUT2D eigenvalue weighted by Crippen LogP contribution is -2.42. The number of primary amides is 1. The minimum Gasteiger partial charge on any atom is -0.480 e. The van der Waals surface area contributed by atoms with Crippen molar-refractivity contribution in [2.45, 2.75) is 19.1 Å². The summed E-state index contributed by atoms with van der Waals surface area (Å²) in [6, 6.07) is -1.04. The summed E-state index contributed by atoms with van der Waals surface area (Å²) in [5.41, 5.74) is 4.81. The molecule has 7 nitrogen and oxygen atoms in total. The lowest BCUT2D eigenvalue weighted by molar-refractivity contribution is -0.140. The molecule has 0 aliphatic heterocycles. The number of hydrogen-bond acceptors (Lipinski definition) is 5. The van der Waals surface area contributed by atoms with Crippen LogP contribution in [0.1, 0.15) is 6.92 Å². The van der Waals surface area contributed by atoms with Gasteiger partial charge in [0.2, 0.25) is 11.8 Å². The van der Waals surface area contributed by atoms with E-state index in [-0.39, 0.29) is 11.5 Å². The topological polar surface area (TPSA) is 130 Å². The van der Waals surface area contributed by atoms with Gasteiger partial charge >= 0.3 is 5.97 Å². The molecule has 0 saturated heterocycles. The van der Waals surface area contributed by atoms with Crippen LogP contribution in [0.2, 0.25) is 0 Å². The molecule has 0 radical (unpaired) electrons. The number of thioether (sulfide) groups is 1. The Labute approximate surface area is 96.4 Å². The van der Waals surface area contributed by atoms with Crippen molar-refractivity contribution in [3.63, 3.8) is 0 Å². The van der Waals surface area contributed by atoms with Crippen molar-refractivity contribution in [2.75, 3.05) is 11.5 Å². The van der Waals surface area contributed by atoms with E-state index in [9.17, 15) is 14.4 Å². The second kappa shape index (κ2) is 7.07. The molecule has 0 aromatic rings. The minimum atomic E-state index is -1.31. The summed E-state index contributed by atoms with van der Waals surface area (Å²) in [5, 5.41) is 20.0. The molecular formula is C8H14N2O5S. The van der Waals surface area contributed by atoms with E-state index < -0.39 is 29.9 Å². The lowest BCUT2D eigenvalue weighted by Gasteiger charge is -2.13. The van der Waals surface area contributed by atoms with Crippen molar-refractivity contribution in [2.24, 2.45) is 5.73 Å². The Balaban J connectivity index is 3.99. The van der Waals surface area contributed by atoms with Gasteiger partial charge in [0.25, 0.3) is 0 Å². The highest BCUT2D eigenvalue weighted by Crippen LogP contribution is 2.05. The van der Waals surface area contributed by atoms with Crippen molar-refractivity contribution in [3.8, 4) is 0 Å². The van der Waals surface area contributed by atoms with E-state index in [0.717, 1.165) is 11.8 Å². The molecule has 0 aliphatic carbocycles. The summed E-state index contributed by atoms with van der Waals surface area (Å²) < 4.78 is 0. The highest BCUT2D eigenvalue weighted by Gasteiger charge is 2.19. The monoisotopic (exact) mass is 250 g/mol. The van der Waals surface area contributed by atoms with Gasteiger partial charge in [-0.05, 0) is 0 Å². The molecule has 0 saturated carbocycles. The summed E-state index contributed by atoms with van der Waals surface area (Å²) in [7, 11) is 0. The Morgan fingerprint density at radius 1 is 1.38 bits per heavy atom. The maximum atomic E-state index is 10.7. The van der Waals surface area contributed by atoms with Crippen molar-refractivity contribution in [3.05, 3.63) is 0 Å². The van der Waals surface area contributed by atoms with Crippen LogP contribution in [0.25, 0.3) is 0 Å². The van der Waals surface area contributed by atoms with E-state index in [2.05, 4.69) is 5.32 Å². The molecule has 0 rings (SSSR count). The van der Waals surface area contributed by atoms with Crippen LogP contribution in [0.5, 0.6) is 0 Å². The second-order valence-corrected chi connectivity index (χ2v) is 4.12. The third-order valence-corrected chi connectivity index (χ3v) is 2.68. The molecule has 0 bridgehead atoms. The molecule has 0 aromatic carbocycles. The molecule has 16 heavy (non-hydrogen) atoms. The SMILES string of the molecule is CC(=O)N[C@H](CSC[C@H](O)C(N)=O)C(=O)O. The number of carboxylic acid groups (broad SMARTS) is 1. The molecule has 0 unspecified atom stereocenters. The first-order valence-corrected chi connectivity index (χ1v) is 5.55. The van der Waals surface area contributed by atoms with E-state index in [1.54, 1.807) is 0 Å². The molecule has 92 valence electrons. The number of aliphatic hydroxyl groups is 1. The van der Waals surface area contributed by atoms with E-state index in [0.29, 0.717) is 0 Å². The molecule has 2 atom stereocenters. The summed E-state index contributed by atoms with van der Waals surface area (Å²) in [5.74, 6) is -2.43. The Bertz CT molecular complexity index is 284. The Hall–Kier alpha value is -1.28. The normalized spacial score (nSPS) is 13.9. The van der Waals surface area contributed by atoms with Gasteiger partial charge in [-0.2, -0.15) is 11.8 Å². The molecule has 0 spiro atoms. The summed E-state index contributed by atoms with van der Waals surface area (Å²) >= 11 is 1.02. The highest BCUT2D eigenvalue weighted by atomic mass is 32.2. The fourth-order valence-corrected chi connectivity index (χ4v) is 1.78. The van der Waals surface area contributed by atoms with E-state index in [4.69, 9.17) is 15.9 Å². The van der Waals surface area contributed by atoms with Crippen molar-refractivity contribution in [1.82, 2.24) is 5.32 Å². The number of nitrogens with two attached hydrogens (primary N) is 1. The third kappa shape index (κ3) is 6.25. The van der Waals surface area contributed by atoms with Crippen LogP contribution in [-0.4, -0.2) is 51.6 Å². The fourth-order valence-electron chi connectivity index (χ4n) is 0.800. The van der Waals surface area contributed by atoms with Crippen molar-refractivity contribution < 1.29 is 24.6 Å². The van der Waals surface area contributed by atoms with Crippen LogP contribution < -0.4 is 11.1 Å². The zero-order chi connectivity index (χ0) is 12.7. The number of nitrogens with one attached hydrogen (secondary N) is 1. The standard InChI is InChI=1S/C8H14N2O5S/c1-4(11)10-5(8(14)15)2-16-3-6(12)7(9)13/h5-6,12H,2-3H2,1H3,(H2,9,13)(H,10,11)(H,14,15)/t5-,6+/m1/s1. The van der Waals surface area contributed by atoms with Gasteiger partial charge in [0, 0.05) is 18.4 Å². The van der Waals surface area contributed by atoms with Gasteiger partial charge in [0.05, 0.1) is 0 Å². The number of amides is 2. The average molecular weight is 250 g/mol. The maximum Gasteiger partial charge on any atom is 0.327 e. The van der Waals surface area contributed by atoms with Crippen LogP contribution in [0.3, 0.4) is 0 Å². The van der Waals surface area contributed by atoms with E-state index in [1.807, 2.05) is 0 Å². The van der Waals surface area contributed by atoms with E-state index >= 15 is 0 Å². The predicted molar refractivity (Wildman–Crippen MR) is 57.8 cm³/mol. The molecule has 0 fully saturated rings. The second-order valence-electron chi connectivity index (χ2n) is 3.05. The van der Waals surface area contributed by atoms with Crippen molar-refractivity contribution in [1.29, 1.82) is 0 Å². The largest absolute Gasteiger partial charge is 0.480 e. The summed E-state index contributed by atoms with van der Waals surface area (Å²) in [6.45, 7) is 1.21. The van der Waals surface area contributed by atoms with Gasteiger partial charge in [-0.1, -0.05) is 0 Å². The Morgan fingerprint density at radius 2 is 1.94 bits per heavy atom. The van der Waals surface area contributed by atoms with Gasteiger partial charge in [-0.25, -0.2) is 4.79 Å². The van der Waals surface area contributed by atoms with E-state index in [1.165, 1.54) is 6.92 Å². The summed E-state index contributed by atoms with van der Waals surface area (Å²) in [6.07, 6.45) is -1.31. The number of rotatable bonds is 7. The maximum absolute atomic E-state index is 10.7. The zero-order valence-corrected chi connectivity index (χ0v) is 9.49. The molecule has 0 heterocycles. The molecule has 5 N–H and O–H groups in total. The third-order valence-electron chi connectivity index (χ3n) is 1.56. The first-order chi connectivity index (χ1) is 7.34. The smallest absolute Gasteiger partial charge is 0.327 e. The first-order valence-electron chi connectivity index (χ1n) is 4.39. The number of hydrogen-bond donors (Lipinski definition) is 4. The molecule has 0 aliphatic rings. The van der Waals surface area contributed by atoms with Gasteiger partial charge in [0.15, 0.2) is 0 Å². The summed E-state index contributed by atoms with van der Waals surface area (Å²) in [4.78, 5) is 31.8. The number of carbonyl (C=O) groups is 3. The van der Waals surface area contributed by atoms with Gasteiger partial charge in [-0.3, -0.25) is 9.59 Å². The zero-order valence-electron chi connectivity index (χ0n) is 8.67. The molecule has 8 heteroatoms. The number of carboxylic acids is 1. The predicted octanol–water partition coefficient (Wildman–Crippen LogP) is -1.84. The number of aliphatic hydroxyl groups excluding tert-OH is 1. The van der Waals surface area contributed by atoms with Gasteiger partial charge in [0.1, 0.15) is 12.1 Å². The van der Waals surface area contributed by atoms with Crippen molar-refractivity contribution >= 4 is 29.5 Å². The van der Waals surface area contributed by atoms with Crippen LogP contribution >= 0.6 is 11.8 Å². The lowest BCUT2D eigenvalue weighted by atomic mass is 10.3. The van der Waals surface area contributed by atoms with Gasteiger partial charge < -0.3 is 21.3 Å². The molecule has 0 aromatic heterocycles. The van der Waals surface area contributed by atoms with Crippen LogP contribution in [0.15, 0.2) is 0 Å². The molecule has 2 amide bonds. The highest BCUT2D eigenvalue weighted by molar-refractivity contribution is 7.99. The minimum absolute atomic E-state index is 0.00129. The average Bonchev–Trinajstić information content (AvgIpc) is 2.14.